The minimum absolute atomic E-state index is 0.000782. The van der Waals surface area contributed by atoms with Crippen LogP contribution in [0.3, 0.4) is 0 Å². The van der Waals surface area contributed by atoms with Crippen LogP contribution in [-0.4, -0.2) is 66.8 Å². The second-order valence-electron chi connectivity index (χ2n) is 6.36. The molecule has 134 valence electrons. The molecule has 0 saturated carbocycles. The molecule has 0 bridgehead atoms. The van der Waals surface area contributed by atoms with Gasteiger partial charge < -0.3 is 20.0 Å². The quantitative estimate of drug-likeness (QED) is 0.881. The molecule has 1 N–H and O–H groups in total. The molecule has 0 radical (unpaired) electrons. The summed E-state index contributed by atoms with van der Waals surface area (Å²) in [6, 6.07) is 7.21. The van der Waals surface area contributed by atoms with Crippen LogP contribution in [0.15, 0.2) is 24.3 Å². The summed E-state index contributed by atoms with van der Waals surface area (Å²) in [7, 11) is 0. The van der Waals surface area contributed by atoms with Crippen molar-refractivity contribution in [3.8, 4) is 0 Å². The van der Waals surface area contributed by atoms with Crippen LogP contribution in [0.1, 0.15) is 19.8 Å². The second-order valence-corrected chi connectivity index (χ2v) is 6.36. The van der Waals surface area contributed by atoms with Crippen molar-refractivity contribution in [1.82, 2.24) is 9.80 Å². The summed E-state index contributed by atoms with van der Waals surface area (Å²) in [6.45, 7) is 6.32. The summed E-state index contributed by atoms with van der Waals surface area (Å²) < 4.78 is 0. The van der Waals surface area contributed by atoms with Crippen molar-refractivity contribution in [3.05, 3.63) is 24.3 Å². The average molecular weight is 344 g/mol. The lowest BCUT2D eigenvalue weighted by Crippen LogP contribution is -2.48. The van der Waals surface area contributed by atoms with Gasteiger partial charge >= 0.3 is 0 Å². The highest BCUT2D eigenvalue weighted by atomic mass is 16.2. The van der Waals surface area contributed by atoms with E-state index in [1.165, 1.54) is 4.90 Å². The molecule has 0 aromatic heterocycles. The molecule has 0 aliphatic carbocycles. The first kappa shape index (κ1) is 17.4. The topological polar surface area (TPSA) is 73.0 Å². The van der Waals surface area contributed by atoms with Gasteiger partial charge in [0.15, 0.2) is 0 Å². The number of benzene rings is 1. The van der Waals surface area contributed by atoms with Gasteiger partial charge in [-0.25, -0.2) is 0 Å². The molecule has 2 heterocycles. The van der Waals surface area contributed by atoms with Crippen LogP contribution in [0.4, 0.5) is 11.4 Å². The Balaban J connectivity index is 1.56. The number of para-hydroxylation sites is 2. The number of hydrogen-bond acceptors (Lipinski definition) is 4. The molecule has 25 heavy (non-hydrogen) atoms. The Kier molecular flexibility index (Phi) is 5.33. The van der Waals surface area contributed by atoms with E-state index < -0.39 is 0 Å². The number of carbonyl (C=O) groups excluding carboxylic acids is 3. The molecule has 7 nitrogen and oxygen atoms in total. The van der Waals surface area contributed by atoms with E-state index >= 15 is 0 Å². The number of fused-ring (bicyclic) bond motifs is 1. The van der Waals surface area contributed by atoms with Crippen LogP contribution in [-0.2, 0) is 14.4 Å². The highest BCUT2D eigenvalue weighted by Gasteiger charge is 2.27. The minimum Gasteiger partial charge on any atom is -0.340 e. The van der Waals surface area contributed by atoms with Gasteiger partial charge in [0.05, 0.1) is 11.4 Å². The third-order valence-corrected chi connectivity index (χ3v) is 4.80. The number of carbonyl (C=O) groups is 3. The maximum Gasteiger partial charge on any atom is 0.244 e. The molecule has 1 aromatic carbocycles. The Labute approximate surface area is 147 Å². The number of piperazine rings is 1. The second kappa shape index (κ2) is 7.65. The number of amides is 3. The molecule has 3 rings (SSSR count). The average Bonchev–Trinajstić information content (AvgIpc) is 2.65. The summed E-state index contributed by atoms with van der Waals surface area (Å²) in [6.07, 6.45) is 0.305. The van der Waals surface area contributed by atoms with Crippen LogP contribution < -0.4 is 10.2 Å². The van der Waals surface area contributed by atoms with E-state index in [2.05, 4.69) is 17.1 Å². The van der Waals surface area contributed by atoms with Gasteiger partial charge in [-0.2, -0.15) is 0 Å². The molecule has 0 spiro atoms. The normalized spacial score (nSPS) is 17.9. The smallest absolute Gasteiger partial charge is 0.244 e. The Morgan fingerprint density at radius 3 is 2.44 bits per heavy atom. The van der Waals surface area contributed by atoms with E-state index in [0.717, 1.165) is 32.7 Å². The number of hydrogen-bond donors (Lipinski definition) is 1. The predicted octanol–water partition coefficient (Wildman–Crippen LogP) is 0.916. The van der Waals surface area contributed by atoms with Gasteiger partial charge in [-0.3, -0.25) is 14.4 Å². The van der Waals surface area contributed by atoms with Crippen LogP contribution in [0.25, 0.3) is 0 Å². The van der Waals surface area contributed by atoms with Gasteiger partial charge in [0.25, 0.3) is 0 Å². The minimum atomic E-state index is -0.214. The van der Waals surface area contributed by atoms with Crippen LogP contribution in [0, 0.1) is 0 Å². The fourth-order valence-electron chi connectivity index (χ4n) is 3.28. The molecule has 2 aliphatic heterocycles. The van der Waals surface area contributed by atoms with Crippen molar-refractivity contribution in [2.45, 2.75) is 19.8 Å². The Morgan fingerprint density at radius 1 is 1.04 bits per heavy atom. The first-order valence-corrected chi connectivity index (χ1v) is 8.78. The zero-order valence-electron chi connectivity index (χ0n) is 14.5. The van der Waals surface area contributed by atoms with E-state index in [1.807, 2.05) is 17.0 Å². The standard InChI is InChI=1S/C18H24N4O3/c1-2-20-9-11-21(12-10-20)17(24)7-8-18(25)22-13-16(23)19-14-5-3-4-6-15(14)22/h3-6H,2,7-13H2,1H3,(H,19,23). The highest BCUT2D eigenvalue weighted by Crippen LogP contribution is 2.29. The van der Waals surface area contributed by atoms with Crippen LogP contribution >= 0.6 is 0 Å². The van der Waals surface area contributed by atoms with Crippen LogP contribution in [0.5, 0.6) is 0 Å². The number of nitrogens with one attached hydrogen (secondary N) is 1. The lowest BCUT2D eigenvalue weighted by molar-refractivity contribution is -0.134. The third kappa shape index (κ3) is 3.99. The van der Waals surface area contributed by atoms with Gasteiger partial charge in [0.1, 0.15) is 6.54 Å². The first-order chi connectivity index (χ1) is 12.1. The van der Waals surface area contributed by atoms with E-state index in [-0.39, 0.29) is 37.1 Å². The predicted molar refractivity (Wildman–Crippen MR) is 95.4 cm³/mol. The Hall–Kier alpha value is -2.41. The van der Waals surface area contributed by atoms with Crippen molar-refractivity contribution in [1.29, 1.82) is 0 Å². The van der Waals surface area contributed by atoms with Crippen molar-refractivity contribution >= 4 is 29.1 Å². The van der Waals surface area contributed by atoms with E-state index in [4.69, 9.17) is 0 Å². The summed E-state index contributed by atoms with van der Waals surface area (Å²) in [5.41, 5.74) is 1.32. The third-order valence-electron chi connectivity index (χ3n) is 4.80. The van der Waals surface area contributed by atoms with Crippen molar-refractivity contribution < 1.29 is 14.4 Å². The zero-order chi connectivity index (χ0) is 17.8. The monoisotopic (exact) mass is 344 g/mol. The molecule has 2 aliphatic rings. The maximum atomic E-state index is 12.6. The van der Waals surface area contributed by atoms with Gasteiger partial charge in [0, 0.05) is 39.0 Å². The number of nitrogens with zero attached hydrogens (tertiary/aromatic N) is 3. The lowest BCUT2D eigenvalue weighted by Gasteiger charge is -2.34. The molecule has 1 saturated heterocycles. The summed E-state index contributed by atoms with van der Waals surface area (Å²) in [5.74, 6) is -0.393. The summed E-state index contributed by atoms with van der Waals surface area (Å²) in [5, 5.41) is 2.76. The van der Waals surface area contributed by atoms with E-state index in [1.54, 1.807) is 12.1 Å². The molecule has 1 aromatic rings. The van der Waals surface area contributed by atoms with Crippen molar-refractivity contribution in [2.24, 2.45) is 0 Å². The van der Waals surface area contributed by atoms with Crippen LogP contribution in [0.2, 0.25) is 0 Å². The zero-order valence-corrected chi connectivity index (χ0v) is 14.5. The van der Waals surface area contributed by atoms with Gasteiger partial charge in [0.2, 0.25) is 17.7 Å². The molecule has 3 amide bonds. The fraction of sp³-hybridized carbons (Fsp3) is 0.500. The van der Waals surface area contributed by atoms with E-state index in [0.29, 0.717) is 11.4 Å². The molecular formula is C18H24N4O3. The summed E-state index contributed by atoms with van der Waals surface area (Å²) >= 11 is 0. The van der Waals surface area contributed by atoms with Crippen molar-refractivity contribution in [3.63, 3.8) is 0 Å². The lowest BCUT2D eigenvalue weighted by atomic mass is 10.1. The van der Waals surface area contributed by atoms with Gasteiger partial charge in [-0.1, -0.05) is 19.1 Å². The summed E-state index contributed by atoms with van der Waals surface area (Å²) in [4.78, 5) is 42.3. The largest absolute Gasteiger partial charge is 0.340 e. The fourth-order valence-corrected chi connectivity index (χ4v) is 3.28. The first-order valence-electron chi connectivity index (χ1n) is 8.78. The van der Waals surface area contributed by atoms with Gasteiger partial charge in [-0.05, 0) is 18.7 Å². The number of anilines is 2. The molecule has 0 atom stereocenters. The Bertz CT molecular complexity index is 668. The molecule has 0 unspecified atom stereocenters. The highest BCUT2D eigenvalue weighted by molar-refractivity contribution is 6.10. The molecule has 1 fully saturated rings. The SMILES string of the molecule is CCN1CCN(C(=O)CCC(=O)N2CC(=O)Nc3ccccc32)CC1. The Morgan fingerprint density at radius 2 is 1.72 bits per heavy atom. The maximum absolute atomic E-state index is 12.6. The molecule has 7 heteroatoms. The molecular weight excluding hydrogens is 320 g/mol. The van der Waals surface area contributed by atoms with E-state index in [9.17, 15) is 14.4 Å². The number of rotatable bonds is 4. The van der Waals surface area contributed by atoms with Gasteiger partial charge in [-0.15, -0.1) is 0 Å². The number of likely N-dealkylation sites (N-methyl/N-ethyl adjacent to an activating group) is 1. The van der Waals surface area contributed by atoms with Crippen molar-refractivity contribution in [2.75, 3.05) is 49.5 Å².